The van der Waals surface area contributed by atoms with Crippen LogP contribution in [0.5, 0.6) is 11.5 Å². The molecule has 0 bridgehead atoms. The van der Waals surface area contributed by atoms with E-state index in [4.69, 9.17) is 9.47 Å². The number of esters is 2. The van der Waals surface area contributed by atoms with E-state index in [0.717, 1.165) is 5.75 Å². The van der Waals surface area contributed by atoms with Gasteiger partial charge < -0.3 is 14.2 Å². The van der Waals surface area contributed by atoms with E-state index in [1.165, 1.54) is 7.11 Å². The molecule has 0 aromatic heterocycles. The molecule has 1 rings (SSSR count). The number of rotatable bonds is 8. The van der Waals surface area contributed by atoms with Gasteiger partial charge in [-0.3, -0.25) is 14.5 Å². The largest absolute Gasteiger partial charge is 0.494 e. The van der Waals surface area contributed by atoms with Crippen LogP contribution in [0.4, 0.5) is 0 Å². The summed E-state index contributed by atoms with van der Waals surface area (Å²) in [5.41, 5.74) is 0. The third-order valence-electron chi connectivity index (χ3n) is 2.75. The van der Waals surface area contributed by atoms with Crippen LogP contribution in [0.1, 0.15) is 13.8 Å². The molecule has 21 heavy (non-hydrogen) atoms. The van der Waals surface area contributed by atoms with Crippen LogP contribution in [-0.2, 0) is 14.3 Å². The lowest BCUT2D eigenvalue weighted by Crippen LogP contribution is -2.36. The Balaban J connectivity index is 2.49. The number of ether oxygens (including phenoxy) is 3. The summed E-state index contributed by atoms with van der Waals surface area (Å²) in [6.07, 6.45) is 0. The van der Waals surface area contributed by atoms with E-state index in [9.17, 15) is 9.59 Å². The van der Waals surface area contributed by atoms with Crippen molar-refractivity contribution in [3.8, 4) is 11.5 Å². The number of carbonyl (C=O) groups is 2. The second-order valence-corrected chi connectivity index (χ2v) is 4.26. The van der Waals surface area contributed by atoms with Crippen molar-refractivity contribution in [1.82, 2.24) is 4.90 Å². The van der Waals surface area contributed by atoms with Crippen molar-refractivity contribution >= 4 is 11.9 Å². The molecular formula is C15H21NO5. The third-order valence-corrected chi connectivity index (χ3v) is 2.75. The van der Waals surface area contributed by atoms with E-state index in [-0.39, 0.29) is 19.1 Å². The van der Waals surface area contributed by atoms with Gasteiger partial charge in [0.2, 0.25) is 0 Å². The molecule has 0 radical (unpaired) electrons. The maximum Gasteiger partial charge on any atom is 0.325 e. The first kappa shape index (κ1) is 17.0. The lowest BCUT2D eigenvalue weighted by Gasteiger charge is -2.17. The van der Waals surface area contributed by atoms with Gasteiger partial charge in [-0.2, -0.15) is 0 Å². The van der Waals surface area contributed by atoms with Crippen molar-refractivity contribution in [1.29, 1.82) is 0 Å². The first-order valence-corrected chi connectivity index (χ1v) is 6.81. The van der Waals surface area contributed by atoms with Crippen molar-refractivity contribution in [3.05, 3.63) is 24.3 Å². The average Bonchev–Trinajstić information content (AvgIpc) is 2.48. The fourth-order valence-electron chi connectivity index (χ4n) is 1.64. The summed E-state index contributed by atoms with van der Waals surface area (Å²) in [6.45, 7) is 4.97. The minimum atomic E-state index is -0.426. The highest BCUT2D eigenvalue weighted by molar-refractivity contribution is 5.76. The zero-order chi connectivity index (χ0) is 15.7. The molecule has 6 nitrogen and oxygen atoms in total. The van der Waals surface area contributed by atoms with Gasteiger partial charge in [-0.1, -0.05) is 6.92 Å². The van der Waals surface area contributed by atoms with E-state index < -0.39 is 5.97 Å². The Morgan fingerprint density at radius 2 is 1.57 bits per heavy atom. The van der Waals surface area contributed by atoms with Crippen molar-refractivity contribution in [2.45, 2.75) is 13.8 Å². The van der Waals surface area contributed by atoms with Crippen molar-refractivity contribution < 1.29 is 23.8 Å². The van der Waals surface area contributed by atoms with E-state index in [1.54, 1.807) is 29.2 Å². The monoisotopic (exact) mass is 295 g/mol. The molecule has 0 spiro atoms. The minimum absolute atomic E-state index is 0.0266. The number of likely N-dealkylation sites (N-methyl/N-ethyl adjacent to an activating group) is 1. The molecule has 0 N–H and O–H groups in total. The molecule has 0 heterocycles. The summed E-state index contributed by atoms with van der Waals surface area (Å²) in [5.74, 6) is 0.353. The highest BCUT2D eigenvalue weighted by Crippen LogP contribution is 2.17. The number of hydrogen-bond acceptors (Lipinski definition) is 6. The Hall–Kier alpha value is -2.08. The Morgan fingerprint density at radius 1 is 1.00 bits per heavy atom. The highest BCUT2D eigenvalue weighted by atomic mass is 16.5. The van der Waals surface area contributed by atoms with Crippen LogP contribution in [0.3, 0.4) is 0 Å². The molecule has 0 amide bonds. The third kappa shape index (κ3) is 6.27. The molecule has 0 aliphatic carbocycles. The first-order chi connectivity index (χ1) is 10.1. The molecule has 116 valence electrons. The van der Waals surface area contributed by atoms with Gasteiger partial charge in [0, 0.05) is 0 Å². The van der Waals surface area contributed by atoms with E-state index in [1.807, 2.05) is 13.8 Å². The lowest BCUT2D eigenvalue weighted by atomic mass is 10.3. The second-order valence-electron chi connectivity index (χ2n) is 4.26. The Morgan fingerprint density at radius 3 is 2.10 bits per heavy atom. The van der Waals surface area contributed by atoms with Gasteiger partial charge in [0.05, 0.1) is 26.8 Å². The summed E-state index contributed by atoms with van der Waals surface area (Å²) in [5, 5.41) is 0. The van der Waals surface area contributed by atoms with Gasteiger partial charge >= 0.3 is 11.9 Å². The van der Waals surface area contributed by atoms with E-state index >= 15 is 0 Å². The van der Waals surface area contributed by atoms with Gasteiger partial charge in [-0.05, 0) is 37.7 Å². The zero-order valence-corrected chi connectivity index (χ0v) is 12.6. The Labute approximate surface area is 124 Å². The molecule has 0 saturated heterocycles. The van der Waals surface area contributed by atoms with Gasteiger partial charge in [-0.25, -0.2) is 0 Å². The van der Waals surface area contributed by atoms with Crippen LogP contribution in [0, 0.1) is 0 Å². The van der Waals surface area contributed by atoms with Crippen molar-refractivity contribution in [2.24, 2.45) is 0 Å². The van der Waals surface area contributed by atoms with Crippen LogP contribution in [-0.4, -0.2) is 50.2 Å². The molecule has 0 saturated carbocycles. The Kier molecular flexibility index (Phi) is 7.25. The van der Waals surface area contributed by atoms with Crippen molar-refractivity contribution in [2.75, 3.05) is 33.4 Å². The van der Waals surface area contributed by atoms with Crippen LogP contribution >= 0.6 is 0 Å². The molecule has 0 unspecified atom stereocenters. The number of methoxy groups -OCH3 is 1. The average molecular weight is 295 g/mol. The summed E-state index contributed by atoms with van der Waals surface area (Å²) in [6, 6.07) is 6.80. The number of hydrogen-bond donors (Lipinski definition) is 0. The molecule has 6 heteroatoms. The summed E-state index contributed by atoms with van der Waals surface area (Å²) in [7, 11) is 1.31. The maximum absolute atomic E-state index is 11.8. The van der Waals surface area contributed by atoms with Gasteiger partial charge in [0.15, 0.2) is 0 Å². The number of carbonyl (C=O) groups excluding carboxylic acids is 2. The molecule has 1 aromatic rings. The Bertz CT molecular complexity index is 458. The fraction of sp³-hybridized carbons (Fsp3) is 0.467. The smallest absolute Gasteiger partial charge is 0.325 e. The predicted molar refractivity (Wildman–Crippen MR) is 77.4 cm³/mol. The van der Waals surface area contributed by atoms with Crippen molar-refractivity contribution in [3.63, 3.8) is 0 Å². The molecule has 0 aliphatic heterocycles. The topological polar surface area (TPSA) is 65.1 Å². The molecule has 1 aromatic carbocycles. The van der Waals surface area contributed by atoms with Crippen LogP contribution in [0.2, 0.25) is 0 Å². The number of nitrogens with zero attached hydrogens (tertiary/aromatic N) is 1. The minimum Gasteiger partial charge on any atom is -0.494 e. The molecular weight excluding hydrogens is 274 g/mol. The predicted octanol–water partition coefficient (Wildman–Crippen LogP) is 1.49. The molecule has 0 atom stereocenters. The maximum atomic E-state index is 11.8. The normalized spacial score (nSPS) is 10.3. The van der Waals surface area contributed by atoms with Gasteiger partial charge in [0.1, 0.15) is 11.5 Å². The van der Waals surface area contributed by atoms with Gasteiger partial charge in [-0.15, -0.1) is 0 Å². The first-order valence-electron chi connectivity index (χ1n) is 6.81. The molecule has 0 aliphatic rings. The lowest BCUT2D eigenvalue weighted by molar-refractivity contribution is -0.143. The highest BCUT2D eigenvalue weighted by Gasteiger charge is 2.14. The van der Waals surface area contributed by atoms with Gasteiger partial charge in [0.25, 0.3) is 0 Å². The summed E-state index contributed by atoms with van der Waals surface area (Å²) < 4.78 is 15.1. The van der Waals surface area contributed by atoms with E-state index in [0.29, 0.717) is 18.9 Å². The SMILES string of the molecule is CCOc1ccc(OC(=O)CN(CC)CC(=O)OC)cc1. The molecule has 0 fully saturated rings. The summed E-state index contributed by atoms with van der Waals surface area (Å²) >= 11 is 0. The summed E-state index contributed by atoms with van der Waals surface area (Å²) in [4.78, 5) is 24.6. The number of benzene rings is 1. The van der Waals surface area contributed by atoms with E-state index in [2.05, 4.69) is 4.74 Å². The fourth-order valence-corrected chi connectivity index (χ4v) is 1.64. The quantitative estimate of drug-likeness (QED) is 0.535. The standard InChI is InChI=1S/C15H21NO5/c1-4-16(10-14(17)19-3)11-15(18)21-13-8-6-12(7-9-13)20-5-2/h6-9H,4-5,10-11H2,1-3H3. The van der Waals surface area contributed by atoms with Crippen LogP contribution < -0.4 is 9.47 Å². The van der Waals surface area contributed by atoms with Crippen LogP contribution in [0.25, 0.3) is 0 Å². The zero-order valence-electron chi connectivity index (χ0n) is 12.6. The second kappa shape index (κ2) is 8.97. The van der Waals surface area contributed by atoms with Crippen LogP contribution in [0.15, 0.2) is 24.3 Å².